The third-order valence-corrected chi connectivity index (χ3v) is 2.45. The summed E-state index contributed by atoms with van der Waals surface area (Å²) in [6, 6.07) is 0. The summed E-state index contributed by atoms with van der Waals surface area (Å²) in [7, 11) is 0. The maximum atomic E-state index is 5.25. The molecule has 1 aliphatic rings. The summed E-state index contributed by atoms with van der Waals surface area (Å²) in [5, 5.41) is 0. The Kier molecular flexibility index (Phi) is 4.43. The molecule has 0 amide bonds. The average molecular weight is 152 g/mol. The predicted octanol–water partition coefficient (Wildman–Crippen LogP) is -0.570. The van der Waals surface area contributed by atoms with Gasteiger partial charge >= 0.3 is 18.9 Å². The van der Waals surface area contributed by atoms with E-state index < -0.39 is 0 Å². The summed E-state index contributed by atoms with van der Waals surface area (Å²) < 4.78 is 5.64. The molecule has 0 N–H and O–H groups in total. The Morgan fingerprint density at radius 3 is 2.50 bits per heavy atom. The average Bonchev–Trinajstić information content (AvgIpc) is 1.60. The van der Waals surface area contributed by atoms with Crippen molar-refractivity contribution in [2.75, 3.05) is 0 Å². The van der Waals surface area contributed by atoms with Crippen LogP contribution in [0.25, 0.3) is 0 Å². The Morgan fingerprint density at radius 2 is 2.20 bits per heavy atom. The van der Waals surface area contributed by atoms with Gasteiger partial charge in [0, 0.05) is 6.10 Å². The van der Waals surface area contributed by atoms with E-state index in [4.69, 9.17) is 4.74 Å². The minimum Gasteiger partial charge on any atom is -0.539 e. The topological polar surface area (TPSA) is 9.23 Å². The van der Waals surface area contributed by atoms with E-state index in [1.807, 2.05) is 5.94 Å². The van der Waals surface area contributed by atoms with Crippen molar-refractivity contribution in [3.8, 4) is 0 Å². The van der Waals surface area contributed by atoms with Crippen molar-refractivity contribution in [1.29, 1.82) is 0 Å². The summed E-state index contributed by atoms with van der Waals surface area (Å²) in [5.74, 6) is 1.86. The normalized spacial score (nSPS) is 30.9. The maximum absolute atomic E-state index is 5.25. The summed E-state index contributed by atoms with van der Waals surface area (Å²) in [6.07, 6.45) is 1.55. The molecule has 0 aliphatic carbocycles. The van der Waals surface area contributed by atoms with Crippen LogP contribution in [0.2, 0.25) is 0 Å². The van der Waals surface area contributed by atoms with E-state index in [1.165, 1.54) is 0 Å². The largest absolute Gasteiger partial charge is 1.00 e. The quantitative estimate of drug-likeness (QED) is 0.339. The minimum atomic E-state index is 0. The molecule has 0 radical (unpaired) electrons. The minimum absolute atomic E-state index is 0. The SMILES string of the molecule is C[C@@H]1CC(C)(C)S[CH-]O1.[Li+]. The first kappa shape index (κ1) is 10.9. The van der Waals surface area contributed by atoms with Crippen LogP contribution in [0.5, 0.6) is 0 Å². The van der Waals surface area contributed by atoms with E-state index in [2.05, 4.69) is 20.8 Å². The van der Waals surface area contributed by atoms with E-state index in [0.717, 1.165) is 6.42 Å². The first-order chi connectivity index (χ1) is 4.10. The number of hydrogen-bond acceptors (Lipinski definition) is 2. The van der Waals surface area contributed by atoms with Gasteiger partial charge in [0.05, 0.1) is 0 Å². The molecule has 0 bridgehead atoms. The molecular formula is C7H13LiOS. The Morgan fingerprint density at radius 1 is 1.60 bits per heavy atom. The molecule has 1 heterocycles. The third-order valence-electron chi connectivity index (χ3n) is 1.43. The Bertz CT molecular complexity index is 106. The fourth-order valence-corrected chi connectivity index (χ4v) is 1.88. The van der Waals surface area contributed by atoms with Crippen molar-refractivity contribution < 1.29 is 23.6 Å². The van der Waals surface area contributed by atoms with Crippen LogP contribution in [0.3, 0.4) is 0 Å². The van der Waals surface area contributed by atoms with Gasteiger partial charge in [-0.05, 0) is 18.1 Å². The third kappa shape index (κ3) is 3.34. The summed E-state index contributed by atoms with van der Waals surface area (Å²) in [4.78, 5) is 0. The Hall–Kier alpha value is 0.907. The van der Waals surface area contributed by atoms with Crippen molar-refractivity contribution in [3.63, 3.8) is 0 Å². The maximum Gasteiger partial charge on any atom is 1.00 e. The van der Waals surface area contributed by atoms with Crippen LogP contribution in [0.1, 0.15) is 27.2 Å². The van der Waals surface area contributed by atoms with E-state index in [-0.39, 0.29) is 18.9 Å². The molecule has 0 aromatic heterocycles. The number of ether oxygens (including phenoxy) is 1. The van der Waals surface area contributed by atoms with Gasteiger partial charge in [-0.25, -0.2) is 0 Å². The van der Waals surface area contributed by atoms with Gasteiger partial charge in [-0.3, -0.25) is 0 Å². The Balaban J connectivity index is 0.000000810. The first-order valence-corrected chi connectivity index (χ1v) is 4.13. The van der Waals surface area contributed by atoms with Gasteiger partial charge in [0.25, 0.3) is 0 Å². The molecular weight excluding hydrogens is 139 g/mol. The van der Waals surface area contributed by atoms with Crippen LogP contribution in [-0.2, 0) is 4.74 Å². The van der Waals surface area contributed by atoms with Gasteiger partial charge in [-0.2, -0.15) is 5.94 Å². The van der Waals surface area contributed by atoms with Crippen molar-refractivity contribution in [3.05, 3.63) is 5.94 Å². The predicted molar refractivity (Wildman–Crippen MR) is 41.1 cm³/mol. The van der Waals surface area contributed by atoms with Crippen LogP contribution in [-0.4, -0.2) is 10.9 Å². The van der Waals surface area contributed by atoms with E-state index >= 15 is 0 Å². The zero-order valence-electron chi connectivity index (χ0n) is 7.18. The molecule has 0 aromatic rings. The number of hydrogen-bond donors (Lipinski definition) is 0. The molecule has 10 heavy (non-hydrogen) atoms. The summed E-state index contributed by atoms with van der Waals surface area (Å²) in [6.45, 7) is 6.60. The molecule has 1 nitrogen and oxygen atoms in total. The van der Waals surface area contributed by atoms with Gasteiger partial charge < -0.3 is 16.5 Å². The monoisotopic (exact) mass is 152 g/mol. The first-order valence-electron chi connectivity index (χ1n) is 3.25. The van der Waals surface area contributed by atoms with Gasteiger partial charge in [0.2, 0.25) is 0 Å². The van der Waals surface area contributed by atoms with E-state index in [0.29, 0.717) is 10.9 Å². The van der Waals surface area contributed by atoms with Crippen LogP contribution < -0.4 is 18.9 Å². The van der Waals surface area contributed by atoms with Crippen molar-refractivity contribution in [2.45, 2.75) is 38.0 Å². The second-order valence-corrected chi connectivity index (χ2v) is 4.66. The zero-order chi connectivity index (χ0) is 6.91. The molecule has 1 aliphatic heterocycles. The molecule has 1 atom stereocenters. The van der Waals surface area contributed by atoms with Crippen LogP contribution in [0.4, 0.5) is 0 Å². The fourth-order valence-electron chi connectivity index (χ4n) is 1.04. The van der Waals surface area contributed by atoms with E-state index in [9.17, 15) is 0 Å². The molecule has 1 saturated heterocycles. The zero-order valence-corrected chi connectivity index (χ0v) is 7.99. The molecule has 0 saturated carbocycles. The van der Waals surface area contributed by atoms with Crippen molar-refractivity contribution in [1.82, 2.24) is 0 Å². The smallest absolute Gasteiger partial charge is 0.539 e. The van der Waals surface area contributed by atoms with Crippen LogP contribution >= 0.6 is 11.8 Å². The fraction of sp³-hybridized carbons (Fsp3) is 0.857. The summed E-state index contributed by atoms with van der Waals surface area (Å²) in [5.41, 5.74) is 0. The summed E-state index contributed by atoms with van der Waals surface area (Å²) >= 11 is 1.78. The standard InChI is InChI=1S/C7H13OS.Li/c1-6-4-7(2,3)9-5-8-6;/h5-6H,4H2,1-3H3;/q-1;+1/t6-;/m1./s1. The van der Waals surface area contributed by atoms with Crippen LogP contribution in [0, 0.1) is 5.94 Å². The number of thioether (sulfide) groups is 1. The molecule has 3 heteroatoms. The molecule has 54 valence electrons. The number of rotatable bonds is 0. The molecule has 1 rings (SSSR count). The Labute approximate surface area is 79.5 Å². The van der Waals surface area contributed by atoms with Gasteiger partial charge in [0.15, 0.2) is 0 Å². The van der Waals surface area contributed by atoms with Gasteiger partial charge in [-0.1, -0.05) is 13.8 Å². The molecule has 1 fully saturated rings. The van der Waals surface area contributed by atoms with Crippen LogP contribution in [0.15, 0.2) is 0 Å². The second kappa shape index (κ2) is 4.06. The van der Waals surface area contributed by atoms with Gasteiger partial charge in [-0.15, -0.1) is 0 Å². The molecule has 0 aromatic carbocycles. The molecule has 0 spiro atoms. The van der Waals surface area contributed by atoms with Gasteiger partial charge in [0.1, 0.15) is 0 Å². The van der Waals surface area contributed by atoms with Crippen molar-refractivity contribution in [2.24, 2.45) is 0 Å². The second-order valence-electron chi connectivity index (χ2n) is 3.12. The molecule has 0 unspecified atom stereocenters. The van der Waals surface area contributed by atoms with Crippen molar-refractivity contribution >= 4 is 11.8 Å². The van der Waals surface area contributed by atoms with E-state index in [1.54, 1.807) is 11.8 Å².